The summed E-state index contributed by atoms with van der Waals surface area (Å²) in [5.74, 6) is -1.97. The van der Waals surface area contributed by atoms with Gasteiger partial charge in [0.05, 0.1) is 25.6 Å². The number of Topliss-reactive ketones (excluding diaryl/α,β-unsaturated/α-hetero) is 1. The molecule has 0 aliphatic heterocycles. The number of hydrogen-bond acceptors (Lipinski definition) is 5. The second-order valence-corrected chi connectivity index (χ2v) is 7.62. The van der Waals surface area contributed by atoms with E-state index in [9.17, 15) is 14.4 Å². The molecule has 0 radical (unpaired) electrons. The molecule has 5 nitrogen and oxygen atoms in total. The van der Waals surface area contributed by atoms with Crippen LogP contribution in [0.4, 0.5) is 0 Å². The number of rotatable bonds is 5. The van der Waals surface area contributed by atoms with Gasteiger partial charge in [-0.25, -0.2) is 0 Å². The molecule has 2 fully saturated rings. The molecule has 3 aliphatic rings. The summed E-state index contributed by atoms with van der Waals surface area (Å²) in [4.78, 5) is 38.7. The topological polar surface area (TPSA) is 69.7 Å². The van der Waals surface area contributed by atoms with E-state index in [-0.39, 0.29) is 29.5 Å². The summed E-state index contributed by atoms with van der Waals surface area (Å²) < 4.78 is 10.2. The second kappa shape index (κ2) is 5.79. The smallest absolute Gasteiger partial charge is 0.313 e. The predicted octanol–water partition coefficient (Wildman–Crippen LogP) is 2.80. The van der Waals surface area contributed by atoms with Crippen molar-refractivity contribution in [2.24, 2.45) is 28.6 Å². The summed E-state index contributed by atoms with van der Waals surface area (Å²) in [6.07, 6.45) is 5.93. The maximum absolute atomic E-state index is 13.0. The fourth-order valence-corrected chi connectivity index (χ4v) is 5.46. The minimum Gasteiger partial charge on any atom is -0.469 e. The van der Waals surface area contributed by atoms with Gasteiger partial charge in [-0.15, -0.1) is 0 Å². The van der Waals surface area contributed by atoms with E-state index >= 15 is 0 Å². The molecule has 0 amide bonds. The molecular formula is C21H22O5. The van der Waals surface area contributed by atoms with Gasteiger partial charge in [0.2, 0.25) is 0 Å². The van der Waals surface area contributed by atoms with E-state index in [2.05, 4.69) is 0 Å². The number of ketones is 1. The monoisotopic (exact) mass is 354 g/mol. The summed E-state index contributed by atoms with van der Waals surface area (Å²) in [5.41, 5.74) is -0.745. The van der Waals surface area contributed by atoms with Crippen LogP contribution in [0.2, 0.25) is 0 Å². The van der Waals surface area contributed by atoms with Crippen molar-refractivity contribution in [3.63, 3.8) is 0 Å². The number of methoxy groups -OCH3 is 2. The third kappa shape index (κ3) is 2.06. The first-order chi connectivity index (χ1) is 12.5. The van der Waals surface area contributed by atoms with Crippen LogP contribution in [0.1, 0.15) is 29.6 Å². The molecule has 1 aromatic carbocycles. The van der Waals surface area contributed by atoms with E-state index < -0.39 is 23.3 Å². The van der Waals surface area contributed by atoms with Crippen molar-refractivity contribution < 1.29 is 23.9 Å². The van der Waals surface area contributed by atoms with Crippen LogP contribution in [0.5, 0.6) is 0 Å². The lowest BCUT2D eigenvalue weighted by Crippen LogP contribution is -2.48. The Bertz CT molecular complexity index is 792. The highest BCUT2D eigenvalue weighted by Crippen LogP contribution is 2.77. The van der Waals surface area contributed by atoms with Gasteiger partial charge in [0.15, 0.2) is 5.78 Å². The summed E-state index contributed by atoms with van der Waals surface area (Å²) in [7, 11) is 2.65. The number of carbonyl (C=O) groups is 3. The minimum absolute atomic E-state index is 0.0449. The van der Waals surface area contributed by atoms with Gasteiger partial charge >= 0.3 is 11.9 Å². The molecule has 2 bridgehead atoms. The van der Waals surface area contributed by atoms with Crippen molar-refractivity contribution in [1.82, 2.24) is 0 Å². The third-order valence-corrected chi connectivity index (χ3v) is 6.66. The van der Waals surface area contributed by atoms with E-state index in [1.54, 1.807) is 24.3 Å². The van der Waals surface area contributed by atoms with Crippen LogP contribution in [0.15, 0.2) is 42.5 Å². The van der Waals surface area contributed by atoms with Crippen LogP contribution in [0.3, 0.4) is 0 Å². The van der Waals surface area contributed by atoms with Crippen LogP contribution in [-0.2, 0) is 19.1 Å². The molecule has 2 saturated carbocycles. The summed E-state index contributed by atoms with van der Waals surface area (Å²) in [6, 6.07) is 8.88. The Balaban J connectivity index is 1.80. The number of esters is 2. The van der Waals surface area contributed by atoms with Crippen molar-refractivity contribution in [3.8, 4) is 0 Å². The standard InChI is InChI=1S/C21H22O5/c1-25-18(23)17-14-8-9-16(20(14)10-11-20)21(17,19(24)26-2)12-15(22)13-6-4-3-5-7-13/h3-9,14,16-17H,10-12H2,1-2H3/t14-,16-,17-,21+/m1/s1. The van der Waals surface area contributed by atoms with Crippen LogP contribution in [0.25, 0.3) is 0 Å². The normalized spacial score (nSPS) is 32.5. The van der Waals surface area contributed by atoms with Gasteiger partial charge < -0.3 is 9.47 Å². The Labute approximate surface area is 152 Å². The second-order valence-electron chi connectivity index (χ2n) is 7.62. The van der Waals surface area contributed by atoms with Gasteiger partial charge in [-0.1, -0.05) is 42.5 Å². The molecule has 1 aromatic rings. The molecule has 0 unspecified atom stereocenters. The zero-order chi connectivity index (χ0) is 18.5. The van der Waals surface area contributed by atoms with Crippen molar-refractivity contribution in [1.29, 1.82) is 0 Å². The molecule has 5 heteroatoms. The molecule has 0 N–H and O–H groups in total. The number of allylic oxidation sites excluding steroid dienone is 2. The number of hydrogen-bond donors (Lipinski definition) is 0. The van der Waals surface area contributed by atoms with Gasteiger partial charge in [0.25, 0.3) is 0 Å². The lowest BCUT2D eigenvalue weighted by atomic mass is 9.64. The fraction of sp³-hybridized carbons (Fsp3) is 0.476. The average molecular weight is 354 g/mol. The Morgan fingerprint density at radius 3 is 2.31 bits per heavy atom. The predicted molar refractivity (Wildman–Crippen MR) is 93.1 cm³/mol. The first-order valence-electron chi connectivity index (χ1n) is 8.94. The van der Waals surface area contributed by atoms with Crippen LogP contribution < -0.4 is 0 Å². The Morgan fingerprint density at radius 2 is 1.73 bits per heavy atom. The lowest BCUT2D eigenvalue weighted by molar-refractivity contribution is -0.167. The van der Waals surface area contributed by atoms with E-state index in [4.69, 9.17) is 9.47 Å². The molecule has 4 rings (SSSR count). The molecule has 0 aromatic heterocycles. The first kappa shape index (κ1) is 17.0. The molecule has 0 saturated heterocycles. The fourth-order valence-electron chi connectivity index (χ4n) is 5.46. The number of ether oxygens (including phenoxy) is 2. The highest BCUT2D eigenvalue weighted by Gasteiger charge is 2.77. The maximum Gasteiger partial charge on any atom is 0.313 e. The molecule has 136 valence electrons. The van der Waals surface area contributed by atoms with E-state index in [1.165, 1.54) is 14.2 Å². The summed E-state index contributed by atoms with van der Waals surface area (Å²) in [6.45, 7) is 0. The third-order valence-electron chi connectivity index (χ3n) is 6.66. The molecule has 1 spiro atoms. The average Bonchev–Trinajstić information content (AvgIpc) is 3.34. The van der Waals surface area contributed by atoms with Gasteiger partial charge in [-0.05, 0) is 24.2 Å². The van der Waals surface area contributed by atoms with E-state index in [0.717, 1.165) is 12.8 Å². The lowest BCUT2D eigenvalue weighted by Gasteiger charge is -2.37. The van der Waals surface area contributed by atoms with Crippen molar-refractivity contribution >= 4 is 17.7 Å². The van der Waals surface area contributed by atoms with Gasteiger partial charge in [0, 0.05) is 17.9 Å². The largest absolute Gasteiger partial charge is 0.469 e. The van der Waals surface area contributed by atoms with Crippen molar-refractivity contribution in [2.45, 2.75) is 19.3 Å². The van der Waals surface area contributed by atoms with Gasteiger partial charge in [-0.3, -0.25) is 14.4 Å². The van der Waals surface area contributed by atoms with E-state index in [1.807, 2.05) is 18.2 Å². The SMILES string of the molecule is COC(=O)[C@H]1[C@H]2C=C[C@H](C23CC3)[C@]1(CC(=O)c1ccccc1)C(=O)OC. The van der Waals surface area contributed by atoms with Crippen molar-refractivity contribution in [3.05, 3.63) is 48.0 Å². The maximum atomic E-state index is 13.0. The summed E-state index contributed by atoms with van der Waals surface area (Å²) >= 11 is 0. The highest BCUT2D eigenvalue weighted by molar-refractivity contribution is 6.01. The molecular weight excluding hydrogens is 332 g/mol. The summed E-state index contributed by atoms with van der Waals surface area (Å²) in [5, 5.41) is 0. The highest BCUT2D eigenvalue weighted by atomic mass is 16.5. The van der Waals surface area contributed by atoms with Crippen LogP contribution in [-0.4, -0.2) is 31.9 Å². The number of carbonyl (C=O) groups excluding carboxylic acids is 3. The Morgan fingerprint density at radius 1 is 1.04 bits per heavy atom. The van der Waals surface area contributed by atoms with Gasteiger partial charge in [-0.2, -0.15) is 0 Å². The molecule has 4 atom stereocenters. The zero-order valence-electron chi connectivity index (χ0n) is 14.9. The van der Waals surface area contributed by atoms with E-state index in [0.29, 0.717) is 5.56 Å². The van der Waals surface area contributed by atoms with Gasteiger partial charge in [0.1, 0.15) is 0 Å². The van der Waals surface area contributed by atoms with Crippen molar-refractivity contribution in [2.75, 3.05) is 14.2 Å². The molecule has 3 aliphatic carbocycles. The van der Waals surface area contributed by atoms with Crippen LogP contribution >= 0.6 is 0 Å². The number of benzene rings is 1. The molecule has 0 heterocycles. The Hall–Kier alpha value is -2.43. The quantitative estimate of drug-likeness (QED) is 0.462. The molecule has 26 heavy (non-hydrogen) atoms. The first-order valence-corrected chi connectivity index (χ1v) is 8.94. The van der Waals surface area contributed by atoms with Crippen LogP contribution in [0, 0.1) is 28.6 Å². The zero-order valence-corrected chi connectivity index (χ0v) is 14.9. The Kier molecular flexibility index (Phi) is 3.79. The minimum atomic E-state index is -1.19.